The Bertz CT molecular complexity index is 1010. The van der Waals surface area contributed by atoms with Crippen molar-refractivity contribution in [2.75, 3.05) is 43.4 Å². The summed E-state index contributed by atoms with van der Waals surface area (Å²) in [4.78, 5) is 11.3. The first kappa shape index (κ1) is 19.0. The van der Waals surface area contributed by atoms with Crippen LogP contribution in [0.1, 0.15) is 11.3 Å². The number of piperazine rings is 1. The highest BCUT2D eigenvalue weighted by molar-refractivity contribution is 6.13. The van der Waals surface area contributed by atoms with Gasteiger partial charge in [0.05, 0.1) is 48.3 Å². The lowest BCUT2D eigenvalue weighted by Crippen LogP contribution is -2.44. The summed E-state index contributed by atoms with van der Waals surface area (Å²) in [6.45, 7) is 4.07. The quantitative estimate of drug-likeness (QED) is 0.455. The standard InChI is InChI=1S/C20H24N8O/c21-16-12-24-18(14-11-25-28(13-14)8-9-29)10-15(16)20(22)17-2-1-3-19(26-17)27-6-4-23-5-7-27/h1-3,10-13,22-23,29H,4-9,21H2. The number of nitrogen functional groups attached to an aromatic ring is 1. The molecule has 4 rings (SSSR count). The first-order valence-corrected chi connectivity index (χ1v) is 9.57. The van der Waals surface area contributed by atoms with Gasteiger partial charge in [0.1, 0.15) is 5.82 Å². The maximum absolute atomic E-state index is 9.06. The van der Waals surface area contributed by atoms with Gasteiger partial charge in [0.25, 0.3) is 0 Å². The van der Waals surface area contributed by atoms with Gasteiger partial charge in [-0.15, -0.1) is 0 Å². The molecule has 9 nitrogen and oxygen atoms in total. The van der Waals surface area contributed by atoms with Gasteiger partial charge in [-0.05, 0) is 18.2 Å². The summed E-state index contributed by atoms with van der Waals surface area (Å²) in [7, 11) is 0. The van der Waals surface area contributed by atoms with Crippen molar-refractivity contribution in [1.82, 2.24) is 25.1 Å². The van der Waals surface area contributed by atoms with Crippen LogP contribution in [0.25, 0.3) is 11.3 Å². The van der Waals surface area contributed by atoms with Crippen molar-refractivity contribution in [2.24, 2.45) is 0 Å². The molecule has 0 spiro atoms. The monoisotopic (exact) mass is 392 g/mol. The fraction of sp³-hybridized carbons (Fsp3) is 0.300. The van der Waals surface area contributed by atoms with E-state index in [1.54, 1.807) is 23.1 Å². The van der Waals surface area contributed by atoms with Crippen molar-refractivity contribution in [3.05, 3.63) is 54.1 Å². The van der Waals surface area contributed by atoms with Gasteiger partial charge in [-0.3, -0.25) is 15.1 Å². The van der Waals surface area contributed by atoms with E-state index in [9.17, 15) is 0 Å². The smallest absolute Gasteiger partial charge is 0.129 e. The van der Waals surface area contributed by atoms with Crippen LogP contribution in [0.15, 0.2) is 42.9 Å². The third-order valence-electron chi connectivity index (χ3n) is 4.89. The van der Waals surface area contributed by atoms with Crippen LogP contribution in [0.3, 0.4) is 0 Å². The van der Waals surface area contributed by atoms with E-state index in [1.165, 1.54) is 0 Å². The third-order valence-corrected chi connectivity index (χ3v) is 4.89. The Balaban J connectivity index is 1.63. The maximum atomic E-state index is 9.06. The fourth-order valence-electron chi connectivity index (χ4n) is 3.33. The van der Waals surface area contributed by atoms with E-state index >= 15 is 0 Å². The van der Waals surface area contributed by atoms with E-state index < -0.39 is 0 Å². The number of nitrogens with one attached hydrogen (secondary N) is 2. The number of hydrogen-bond acceptors (Lipinski definition) is 8. The Morgan fingerprint density at radius 3 is 2.86 bits per heavy atom. The molecular weight excluding hydrogens is 368 g/mol. The van der Waals surface area contributed by atoms with E-state index in [0.717, 1.165) is 37.6 Å². The molecule has 0 bridgehead atoms. The molecule has 3 aromatic rings. The number of pyridine rings is 2. The first-order chi connectivity index (χ1) is 14.2. The van der Waals surface area contributed by atoms with Gasteiger partial charge >= 0.3 is 0 Å². The van der Waals surface area contributed by atoms with Crippen LogP contribution in [0, 0.1) is 5.41 Å². The van der Waals surface area contributed by atoms with E-state index in [0.29, 0.717) is 29.2 Å². The molecule has 0 aromatic carbocycles. The summed E-state index contributed by atoms with van der Waals surface area (Å²) < 4.78 is 1.65. The Morgan fingerprint density at radius 2 is 2.07 bits per heavy atom. The molecule has 1 aliphatic heterocycles. The number of anilines is 2. The largest absolute Gasteiger partial charge is 0.397 e. The minimum Gasteiger partial charge on any atom is -0.397 e. The number of aliphatic hydroxyl groups is 1. The molecule has 0 amide bonds. The van der Waals surface area contributed by atoms with Crippen LogP contribution in [0.2, 0.25) is 0 Å². The summed E-state index contributed by atoms with van der Waals surface area (Å²) in [5.41, 5.74) is 9.44. The van der Waals surface area contributed by atoms with Crippen LogP contribution in [0.5, 0.6) is 0 Å². The van der Waals surface area contributed by atoms with Crippen molar-refractivity contribution in [3.8, 4) is 11.3 Å². The number of aliphatic hydroxyl groups excluding tert-OH is 1. The van der Waals surface area contributed by atoms with E-state index in [-0.39, 0.29) is 12.3 Å². The molecule has 0 aliphatic carbocycles. The lowest BCUT2D eigenvalue weighted by Gasteiger charge is -2.28. The summed E-state index contributed by atoms with van der Waals surface area (Å²) in [6.07, 6.45) is 5.05. The average Bonchev–Trinajstić information content (AvgIpc) is 3.23. The molecule has 0 radical (unpaired) electrons. The van der Waals surface area contributed by atoms with Gasteiger partial charge in [0.2, 0.25) is 0 Å². The predicted molar refractivity (Wildman–Crippen MR) is 112 cm³/mol. The number of nitrogens with two attached hydrogens (primary N) is 1. The molecule has 3 aromatic heterocycles. The zero-order chi connectivity index (χ0) is 20.2. The molecule has 1 saturated heterocycles. The molecule has 150 valence electrons. The first-order valence-electron chi connectivity index (χ1n) is 9.57. The third kappa shape index (κ3) is 4.10. The molecule has 0 atom stereocenters. The Hall–Kier alpha value is -3.30. The van der Waals surface area contributed by atoms with E-state index in [4.69, 9.17) is 21.2 Å². The number of aromatic nitrogens is 4. The highest BCUT2D eigenvalue weighted by Gasteiger charge is 2.16. The molecule has 0 unspecified atom stereocenters. The zero-order valence-electron chi connectivity index (χ0n) is 16.0. The van der Waals surface area contributed by atoms with Crippen molar-refractivity contribution >= 4 is 17.2 Å². The van der Waals surface area contributed by atoms with Gasteiger partial charge in [0.15, 0.2) is 0 Å². The lowest BCUT2D eigenvalue weighted by molar-refractivity contribution is 0.269. The minimum absolute atomic E-state index is 0.0152. The van der Waals surface area contributed by atoms with Gasteiger partial charge in [-0.25, -0.2) is 4.98 Å². The normalized spacial score (nSPS) is 14.2. The lowest BCUT2D eigenvalue weighted by atomic mass is 10.0. The molecule has 9 heteroatoms. The zero-order valence-corrected chi connectivity index (χ0v) is 16.0. The average molecular weight is 392 g/mol. The summed E-state index contributed by atoms with van der Waals surface area (Å²) in [5.74, 6) is 0.867. The van der Waals surface area contributed by atoms with Crippen molar-refractivity contribution in [3.63, 3.8) is 0 Å². The molecule has 1 aliphatic rings. The van der Waals surface area contributed by atoms with Crippen LogP contribution in [-0.4, -0.2) is 63.4 Å². The highest BCUT2D eigenvalue weighted by atomic mass is 16.3. The molecule has 0 saturated carbocycles. The highest BCUT2D eigenvalue weighted by Crippen LogP contribution is 2.23. The van der Waals surface area contributed by atoms with E-state index in [1.807, 2.05) is 24.4 Å². The minimum atomic E-state index is 0.0152. The maximum Gasteiger partial charge on any atom is 0.129 e. The van der Waals surface area contributed by atoms with Gasteiger partial charge in [0, 0.05) is 43.5 Å². The van der Waals surface area contributed by atoms with Crippen LogP contribution >= 0.6 is 0 Å². The van der Waals surface area contributed by atoms with Crippen LogP contribution in [0.4, 0.5) is 11.5 Å². The van der Waals surface area contributed by atoms with Crippen molar-refractivity contribution < 1.29 is 5.11 Å². The van der Waals surface area contributed by atoms with Gasteiger partial charge < -0.3 is 21.1 Å². The molecule has 29 heavy (non-hydrogen) atoms. The summed E-state index contributed by atoms with van der Waals surface area (Å²) in [6, 6.07) is 7.51. The molecule has 4 heterocycles. The van der Waals surface area contributed by atoms with Crippen molar-refractivity contribution in [2.45, 2.75) is 6.54 Å². The van der Waals surface area contributed by atoms with Crippen LogP contribution < -0.4 is 16.0 Å². The predicted octanol–water partition coefficient (Wildman–Crippen LogP) is 0.740. The summed E-state index contributed by atoms with van der Waals surface area (Å²) >= 11 is 0. The Morgan fingerprint density at radius 1 is 1.24 bits per heavy atom. The van der Waals surface area contributed by atoms with Gasteiger partial charge in [-0.2, -0.15) is 5.10 Å². The van der Waals surface area contributed by atoms with Crippen LogP contribution in [-0.2, 0) is 6.54 Å². The topological polar surface area (TPSA) is 129 Å². The van der Waals surface area contributed by atoms with Gasteiger partial charge in [-0.1, -0.05) is 6.07 Å². The number of hydrogen-bond donors (Lipinski definition) is 4. The summed E-state index contributed by atoms with van der Waals surface area (Å²) in [5, 5.41) is 25.3. The second-order valence-corrected chi connectivity index (χ2v) is 6.87. The molecule has 1 fully saturated rings. The SMILES string of the molecule is N=C(c1cccc(N2CCNCC2)n1)c1cc(-c2cnn(CCO)c2)ncc1N. The van der Waals surface area contributed by atoms with E-state index in [2.05, 4.69) is 20.3 Å². The van der Waals surface area contributed by atoms with Crippen molar-refractivity contribution in [1.29, 1.82) is 5.41 Å². The molecule has 5 N–H and O–H groups in total. The second kappa shape index (κ2) is 8.38. The Labute approximate surface area is 168 Å². The Kier molecular flexibility index (Phi) is 5.50. The fourth-order valence-corrected chi connectivity index (χ4v) is 3.33. The number of nitrogens with zero attached hydrogens (tertiary/aromatic N) is 5. The molecular formula is C20H24N8O. The second-order valence-electron chi connectivity index (χ2n) is 6.87. The number of rotatable bonds is 6.